The van der Waals surface area contributed by atoms with E-state index in [1.54, 1.807) is 0 Å². The highest BCUT2D eigenvalue weighted by molar-refractivity contribution is 7.78. The highest BCUT2D eigenvalue weighted by Crippen LogP contribution is 2.08. The molecule has 0 aliphatic carbocycles. The van der Waals surface area contributed by atoms with Gasteiger partial charge in [-0.3, -0.25) is 0 Å². The fourth-order valence-electron chi connectivity index (χ4n) is 1.53. The molecule has 0 spiro atoms. The number of rotatable bonds is 11. The molecule has 0 aliphatic rings. The smallest absolute Gasteiger partial charge is 0.0584 e. The van der Waals surface area contributed by atoms with Crippen LogP contribution in [0.1, 0.15) is 51.4 Å². The summed E-state index contributed by atoms with van der Waals surface area (Å²) < 4.78 is 0. The van der Waals surface area contributed by atoms with Crippen LogP contribution in [0, 0.1) is 0 Å². The maximum Gasteiger partial charge on any atom is 0.0584 e. The molecular formula is C12H20N2S2. The molecular weight excluding hydrogens is 236 g/mol. The summed E-state index contributed by atoms with van der Waals surface area (Å²) in [7, 11) is 0. The van der Waals surface area contributed by atoms with Gasteiger partial charge in [-0.05, 0) is 37.3 Å². The Morgan fingerprint density at radius 2 is 0.875 bits per heavy atom. The summed E-state index contributed by atoms with van der Waals surface area (Å²) in [5.74, 6) is 0. The molecule has 0 rings (SSSR count). The number of hydrogen-bond acceptors (Lipinski definition) is 4. The largest absolute Gasteiger partial charge is 0.233 e. The molecule has 0 heterocycles. The molecule has 0 N–H and O–H groups in total. The van der Waals surface area contributed by atoms with Crippen molar-refractivity contribution in [1.29, 1.82) is 0 Å². The van der Waals surface area contributed by atoms with Crippen molar-refractivity contribution >= 4 is 34.8 Å². The summed E-state index contributed by atoms with van der Waals surface area (Å²) in [6, 6.07) is 0. The van der Waals surface area contributed by atoms with E-state index in [1.807, 2.05) is 0 Å². The van der Waals surface area contributed by atoms with Crippen molar-refractivity contribution in [1.82, 2.24) is 0 Å². The lowest BCUT2D eigenvalue weighted by Crippen LogP contribution is -1.85. The number of aliphatic imine (C=N–C) groups is 2. The Morgan fingerprint density at radius 3 is 1.19 bits per heavy atom. The average Bonchev–Trinajstić information content (AvgIpc) is 2.31. The Hall–Kier alpha value is -0.400. The van der Waals surface area contributed by atoms with E-state index < -0.39 is 0 Å². The van der Waals surface area contributed by atoms with Gasteiger partial charge in [0.25, 0.3) is 0 Å². The van der Waals surface area contributed by atoms with E-state index in [9.17, 15) is 0 Å². The first-order valence-corrected chi connectivity index (χ1v) is 6.80. The zero-order valence-corrected chi connectivity index (χ0v) is 11.4. The summed E-state index contributed by atoms with van der Waals surface area (Å²) in [6.45, 7) is 1.69. The molecule has 0 amide bonds. The molecule has 0 unspecified atom stereocenters. The quantitative estimate of drug-likeness (QED) is 0.312. The van der Waals surface area contributed by atoms with Gasteiger partial charge in [-0.2, -0.15) is 0 Å². The van der Waals surface area contributed by atoms with Crippen molar-refractivity contribution in [3.63, 3.8) is 0 Å². The van der Waals surface area contributed by atoms with Crippen LogP contribution >= 0.6 is 24.4 Å². The number of hydrogen-bond donors (Lipinski definition) is 0. The van der Waals surface area contributed by atoms with E-state index in [2.05, 4.69) is 44.7 Å². The Morgan fingerprint density at radius 1 is 0.562 bits per heavy atom. The standard InChI is InChI=1S/C12H20N2S2/c15-11-13-9-7-5-3-1-2-4-6-8-10-14-12-16/h1-10H2. The zero-order chi connectivity index (χ0) is 11.9. The topological polar surface area (TPSA) is 24.7 Å². The van der Waals surface area contributed by atoms with Crippen LogP contribution in [0.5, 0.6) is 0 Å². The highest BCUT2D eigenvalue weighted by atomic mass is 32.1. The molecule has 0 saturated carbocycles. The summed E-state index contributed by atoms with van der Waals surface area (Å²) in [5.41, 5.74) is 0. The van der Waals surface area contributed by atoms with Crippen LogP contribution in [0.25, 0.3) is 0 Å². The number of isothiocyanates is 2. The fraction of sp³-hybridized carbons (Fsp3) is 0.833. The van der Waals surface area contributed by atoms with Gasteiger partial charge in [0.2, 0.25) is 0 Å². The van der Waals surface area contributed by atoms with Crippen molar-refractivity contribution in [3.05, 3.63) is 0 Å². The minimum Gasteiger partial charge on any atom is -0.233 e. The van der Waals surface area contributed by atoms with E-state index in [0.717, 1.165) is 25.9 Å². The van der Waals surface area contributed by atoms with Gasteiger partial charge in [0, 0.05) is 13.1 Å². The molecule has 0 aromatic carbocycles. The van der Waals surface area contributed by atoms with Crippen molar-refractivity contribution in [2.75, 3.05) is 13.1 Å². The molecule has 4 heteroatoms. The van der Waals surface area contributed by atoms with Gasteiger partial charge >= 0.3 is 0 Å². The van der Waals surface area contributed by atoms with Crippen LogP contribution < -0.4 is 0 Å². The molecule has 0 aromatic heterocycles. The van der Waals surface area contributed by atoms with Crippen LogP contribution in [-0.2, 0) is 0 Å². The van der Waals surface area contributed by atoms with Gasteiger partial charge in [-0.1, -0.05) is 38.5 Å². The van der Waals surface area contributed by atoms with Gasteiger partial charge in [0.1, 0.15) is 0 Å². The molecule has 2 nitrogen and oxygen atoms in total. The van der Waals surface area contributed by atoms with Gasteiger partial charge in [0.15, 0.2) is 0 Å². The molecule has 0 aliphatic heterocycles. The second kappa shape index (κ2) is 14.6. The van der Waals surface area contributed by atoms with Gasteiger partial charge < -0.3 is 0 Å². The second-order valence-corrected chi connectivity index (χ2v) is 4.14. The van der Waals surface area contributed by atoms with Crippen molar-refractivity contribution in [3.8, 4) is 0 Å². The molecule has 16 heavy (non-hydrogen) atoms. The lowest BCUT2D eigenvalue weighted by Gasteiger charge is -1.99. The first-order valence-electron chi connectivity index (χ1n) is 5.99. The maximum atomic E-state index is 4.50. The highest BCUT2D eigenvalue weighted by Gasteiger charge is 1.91. The van der Waals surface area contributed by atoms with Crippen molar-refractivity contribution in [2.45, 2.75) is 51.4 Å². The summed E-state index contributed by atoms with van der Waals surface area (Å²) in [5, 5.41) is 4.78. The fourth-order valence-corrected chi connectivity index (χ4v) is 1.72. The first kappa shape index (κ1) is 15.6. The molecule has 0 atom stereocenters. The van der Waals surface area contributed by atoms with Crippen LogP contribution in [0.4, 0.5) is 0 Å². The normalized spacial score (nSPS) is 9.25. The molecule has 0 aromatic rings. The van der Waals surface area contributed by atoms with Gasteiger partial charge in [-0.25, -0.2) is 9.98 Å². The van der Waals surface area contributed by atoms with Crippen LogP contribution in [-0.4, -0.2) is 23.4 Å². The lowest BCUT2D eigenvalue weighted by molar-refractivity contribution is 0.573. The molecule has 0 bridgehead atoms. The number of unbranched alkanes of at least 4 members (excludes halogenated alkanes) is 7. The van der Waals surface area contributed by atoms with Crippen molar-refractivity contribution < 1.29 is 0 Å². The molecule has 0 saturated heterocycles. The molecule has 0 fully saturated rings. The maximum absolute atomic E-state index is 4.50. The minimum atomic E-state index is 0.846. The predicted octanol–water partition coefficient (Wildman–Crippen LogP) is 4.31. The Balaban J connectivity index is 2.98. The average molecular weight is 256 g/mol. The van der Waals surface area contributed by atoms with Crippen LogP contribution in [0.3, 0.4) is 0 Å². The number of thiocarbonyl (C=S) groups is 2. The van der Waals surface area contributed by atoms with E-state index in [1.165, 1.54) is 38.5 Å². The van der Waals surface area contributed by atoms with E-state index >= 15 is 0 Å². The second-order valence-electron chi connectivity index (χ2n) is 3.77. The number of nitrogens with zero attached hydrogens (tertiary/aromatic N) is 2. The Bertz CT molecular complexity index is 215. The third-order valence-corrected chi connectivity index (χ3v) is 2.68. The van der Waals surface area contributed by atoms with E-state index in [4.69, 9.17) is 0 Å². The monoisotopic (exact) mass is 256 g/mol. The van der Waals surface area contributed by atoms with E-state index in [0.29, 0.717) is 0 Å². The van der Waals surface area contributed by atoms with Crippen LogP contribution in [0.2, 0.25) is 0 Å². The molecule has 0 radical (unpaired) electrons. The summed E-state index contributed by atoms with van der Waals surface area (Å²) in [6.07, 6.45) is 10.1. The third-order valence-electron chi connectivity index (χ3n) is 2.42. The summed E-state index contributed by atoms with van der Waals surface area (Å²) in [4.78, 5) is 7.78. The summed E-state index contributed by atoms with van der Waals surface area (Å²) >= 11 is 8.99. The SMILES string of the molecule is S=C=NCCCCCCCCCCN=C=S. The first-order chi connectivity index (χ1) is 7.91. The van der Waals surface area contributed by atoms with Crippen LogP contribution in [0.15, 0.2) is 9.98 Å². The Kier molecular flexibility index (Phi) is 14.2. The third kappa shape index (κ3) is 13.6. The predicted molar refractivity (Wildman–Crippen MR) is 76.7 cm³/mol. The van der Waals surface area contributed by atoms with Gasteiger partial charge in [0.05, 0.1) is 10.3 Å². The Labute approximate surface area is 109 Å². The lowest BCUT2D eigenvalue weighted by atomic mass is 10.1. The van der Waals surface area contributed by atoms with E-state index in [-0.39, 0.29) is 0 Å². The molecule has 90 valence electrons. The minimum absolute atomic E-state index is 0.846. The van der Waals surface area contributed by atoms with Gasteiger partial charge in [-0.15, -0.1) is 0 Å². The zero-order valence-electron chi connectivity index (χ0n) is 9.78. The van der Waals surface area contributed by atoms with Crippen molar-refractivity contribution in [2.24, 2.45) is 9.98 Å².